The van der Waals surface area contributed by atoms with E-state index in [4.69, 9.17) is 0 Å². The maximum Gasteiger partial charge on any atom is 0.0461 e. The van der Waals surface area contributed by atoms with Gasteiger partial charge in [-0.25, -0.2) is 0 Å². The summed E-state index contributed by atoms with van der Waals surface area (Å²) < 4.78 is 10.2. The Labute approximate surface area is 40.2 Å². The Kier molecular flexibility index (Phi) is 0.960. The zero-order chi connectivity index (χ0) is 4.57. The van der Waals surface area contributed by atoms with Crippen LogP contribution in [0, 0.1) is 0 Å². The second-order valence-corrected chi connectivity index (χ2v) is 3.34. The molecule has 0 N–H and O–H groups in total. The summed E-state index contributed by atoms with van der Waals surface area (Å²) in [5, 5.41) is 0.574. The fraction of sp³-hybridized carbons (Fsp3) is 1.00. The highest BCUT2D eigenvalue weighted by atomic mass is 32.2. The highest BCUT2D eigenvalue weighted by Crippen LogP contribution is 2.17. The second kappa shape index (κ2) is 1.34. The summed E-state index contributed by atoms with van der Waals surface area (Å²) in [4.78, 5) is 0. The van der Waals surface area contributed by atoms with E-state index >= 15 is 0 Å². The van der Waals surface area contributed by atoms with Gasteiger partial charge in [-0.05, 0) is 6.42 Å². The molecule has 0 aliphatic carbocycles. The van der Waals surface area contributed by atoms with Gasteiger partial charge in [-0.3, -0.25) is 4.21 Å². The van der Waals surface area contributed by atoms with E-state index in [1.807, 2.05) is 0 Å². The molecule has 0 aromatic carbocycles. The smallest absolute Gasteiger partial charge is 0.0461 e. The lowest BCUT2D eigenvalue weighted by atomic mass is 10.4. The van der Waals surface area contributed by atoms with E-state index in [1.54, 1.807) is 0 Å². The minimum absolute atomic E-state index is 0.399. The molecule has 2 heteroatoms. The maximum atomic E-state index is 10.2. The molecular formula is C4H8OS. The molecule has 1 aliphatic heterocycles. The van der Waals surface area contributed by atoms with Gasteiger partial charge in [0.2, 0.25) is 0 Å². The van der Waals surface area contributed by atoms with Crippen LogP contribution in [-0.4, -0.2) is 15.2 Å². The summed E-state index contributed by atoms with van der Waals surface area (Å²) >= 11 is 0. The Morgan fingerprint density at radius 3 is 2.50 bits per heavy atom. The Bertz CT molecular complexity index is 79.6. The quantitative estimate of drug-likeness (QED) is 0.443. The Morgan fingerprint density at radius 2 is 2.50 bits per heavy atom. The molecule has 1 fully saturated rings. The SMILES string of the molecule is CCC1CS1=O. The first kappa shape index (κ1) is 4.31. The first-order chi connectivity index (χ1) is 2.84. The molecule has 0 saturated carbocycles. The van der Waals surface area contributed by atoms with Gasteiger partial charge in [-0.1, -0.05) is 6.92 Å². The lowest BCUT2D eigenvalue weighted by molar-refractivity contribution is 0.692. The normalized spacial score (nSPS) is 42.8. The van der Waals surface area contributed by atoms with E-state index in [0.29, 0.717) is 5.25 Å². The second-order valence-electron chi connectivity index (χ2n) is 1.58. The fourth-order valence-corrected chi connectivity index (χ4v) is 1.51. The molecule has 1 nitrogen and oxygen atoms in total. The van der Waals surface area contributed by atoms with Crippen molar-refractivity contribution in [3.8, 4) is 0 Å². The molecule has 1 saturated heterocycles. The summed E-state index contributed by atoms with van der Waals surface area (Å²) in [5.41, 5.74) is 0. The highest BCUT2D eigenvalue weighted by Gasteiger charge is 2.29. The highest BCUT2D eigenvalue weighted by molar-refractivity contribution is 7.92. The van der Waals surface area contributed by atoms with Gasteiger partial charge < -0.3 is 0 Å². The molecule has 36 valence electrons. The molecule has 0 aromatic rings. The molecule has 2 unspecified atom stereocenters. The molecule has 6 heavy (non-hydrogen) atoms. The first-order valence-electron chi connectivity index (χ1n) is 2.21. The maximum absolute atomic E-state index is 10.2. The molecule has 2 atom stereocenters. The van der Waals surface area contributed by atoms with E-state index in [-0.39, 0.29) is 0 Å². The summed E-state index contributed by atoms with van der Waals surface area (Å²) in [6.07, 6.45) is 1.10. The Balaban J connectivity index is 2.26. The third-order valence-electron chi connectivity index (χ3n) is 1.06. The zero-order valence-electron chi connectivity index (χ0n) is 3.81. The monoisotopic (exact) mass is 104 g/mol. The predicted octanol–water partition coefficient (Wildman–Crippen LogP) is 0.527. The van der Waals surface area contributed by atoms with Crippen molar-refractivity contribution in [1.29, 1.82) is 0 Å². The van der Waals surface area contributed by atoms with Crippen molar-refractivity contribution >= 4 is 10.8 Å². The summed E-state index contributed by atoms with van der Waals surface area (Å²) in [6, 6.07) is 0. The number of rotatable bonds is 1. The van der Waals surface area contributed by atoms with Crippen LogP contribution in [0.3, 0.4) is 0 Å². The van der Waals surface area contributed by atoms with E-state index in [0.717, 1.165) is 12.2 Å². The molecule has 1 heterocycles. The van der Waals surface area contributed by atoms with Crippen molar-refractivity contribution in [2.45, 2.75) is 18.6 Å². The van der Waals surface area contributed by atoms with Crippen LogP contribution in [0.15, 0.2) is 0 Å². The lowest BCUT2D eigenvalue weighted by Gasteiger charge is -1.70. The molecule has 0 amide bonds. The molecule has 0 bridgehead atoms. The molecule has 1 rings (SSSR count). The standard InChI is InChI=1S/C4H8OS/c1-2-4-3-6(4)5/h4H,2-3H2,1H3. The number of hydrogen-bond donors (Lipinski definition) is 0. The van der Waals surface area contributed by atoms with Gasteiger partial charge in [-0.2, -0.15) is 0 Å². The van der Waals surface area contributed by atoms with E-state index < -0.39 is 10.8 Å². The van der Waals surface area contributed by atoms with Crippen molar-refractivity contribution < 1.29 is 4.21 Å². The predicted molar refractivity (Wildman–Crippen MR) is 27.1 cm³/mol. The summed E-state index contributed by atoms with van der Waals surface area (Å²) in [6.45, 7) is 2.08. The number of hydrogen-bond acceptors (Lipinski definition) is 1. The van der Waals surface area contributed by atoms with Gasteiger partial charge in [0.15, 0.2) is 0 Å². The van der Waals surface area contributed by atoms with Crippen molar-refractivity contribution in [3.05, 3.63) is 0 Å². The lowest BCUT2D eigenvalue weighted by Crippen LogP contribution is -1.75. The summed E-state index contributed by atoms with van der Waals surface area (Å²) in [7, 11) is -0.399. The topological polar surface area (TPSA) is 17.1 Å². The van der Waals surface area contributed by atoms with E-state index in [9.17, 15) is 4.21 Å². The van der Waals surface area contributed by atoms with Crippen molar-refractivity contribution in [2.24, 2.45) is 0 Å². The molecule has 0 radical (unpaired) electrons. The van der Waals surface area contributed by atoms with Gasteiger partial charge in [0.1, 0.15) is 0 Å². The van der Waals surface area contributed by atoms with Gasteiger partial charge in [0, 0.05) is 21.8 Å². The van der Waals surface area contributed by atoms with Crippen molar-refractivity contribution in [1.82, 2.24) is 0 Å². The first-order valence-corrected chi connectivity index (χ1v) is 3.60. The molecule has 0 aromatic heterocycles. The minimum atomic E-state index is -0.399. The van der Waals surface area contributed by atoms with E-state index in [1.165, 1.54) is 0 Å². The van der Waals surface area contributed by atoms with E-state index in [2.05, 4.69) is 6.92 Å². The van der Waals surface area contributed by atoms with Crippen LogP contribution in [0.5, 0.6) is 0 Å². The van der Waals surface area contributed by atoms with Crippen LogP contribution in [0.4, 0.5) is 0 Å². The van der Waals surface area contributed by atoms with Gasteiger partial charge >= 0.3 is 0 Å². The van der Waals surface area contributed by atoms with Crippen molar-refractivity contribution in [3.63, 3.8) is 0 Å². The third kappa shape index (κ3) is 0.620. The fourth-order valence-electron chi connectivity index (χ4n) is 0.448. The van der Waals surface area contributed by atoms with Crippen LogP contribution in [-0.2, 0) is 10.8 Å². The third-order valence-corrected chi connectivity index (χ3v) is 2.61. The van der Waals surface area contributed by atoms with Gasteiger partial charge in [0.25, 0.3) is 0 Å². The van der Waals surface area contributed by atoms with Gasteiger partial charge in [0.05, 0.1) is 0 Å². The molecule has 0 spiro atoms. The Morgan fingerprint density at radius 1 is 2.00 bits per heavy atom. The largest absolute Gasteiger partial charge is 0.259 e. The zero-order valence-corrected chi connectivity index (χ0v) is 4.62. The average Bonchev–Trinajstić information content (AvgIpc) is 2.19. The van der Waals surface area contributed by atoms with Gasteiger partial charge in [-0.15, -0.1) is 0 Å². The van der Waals surface area contributed by atoms with Crippen LogP contribution < -0.4 is 0 Å². The van der Waals surface area contributed by atoms with Crippen LogP contribution >= 0.6 is 0 Å². The molecular weight excluding hydrogens is 96.1 g/mol. The summed E-state index contributed by atoms with van der Waals surface area (Å²) in [5.74, 6) is 0.969. The van der Waals surface area contributed by atoms with Crippen LogP contribution in [0.1, 0.15) is 13.3 Å². The Hall–Kier alpha value is 0.150. The van der Waals surface area contributed by atoms with Crippen LogP contribution in [0.25, 0.3) is 0 Å². The van der Waals surface area contributed by atoms with Crippen LogP contribution in [0.2, 0.25) is 0 Å². The van der Waals surface area contributed by atoms with Crippen molar-refractivity contribution in [2.75, 3.05) is 5.75 Å². The molecule has 1 aliphatic rings. The average molecular weight is 104 g/mol. The minimum Gasteiger partial charge on any atom is -0.259 e.